The summed E-state index contributed by atoms with van der Waals surface area (Å²) >= 11 is 0. The molecule has 4 atom stereocenters. The fraction of sp³-hybridized carbons (Fsp3) is 0.414. The SMILES string of the molecule is CN(CCc1ccccn1)[C@@H]1[C@@H](O)[C@H](Oc2ccccc2)C[C@H]1NC(=O)c1ccnc(N2CCOCC2)c1. The number of nitrogens with one attached hydrogen (secondary N) is 1. The fourth-order valence-corrected chi connectivity index (χ4v) is 5.25. The van der Waals surface area contributed by atoms with E-state index in [2.05, 4.69) is 25.1 Å². The van der Waals surface area contributed by atoms with Gasteiger partial charge in [0.05, 0.1) is 25.3 Å². The average molecular weight is 518 g/mol. The van der Waals surface area contributed by atoms with Crippen LogP contribution in [0, 0.1) is 0 Å². The van der Waals surface area contributed by atoms with Gasteiger partial charge in [-0.2, -0.15) is 0 Å². The van der Waals surface area contributed by atoms with Crippen molar-refractivity contribution in [3.8, 4) is 5.75 Å². The second-order valence-electron chi connectivity index (χ2n) is 9.82. The number of nitrogens with zero attached hydrogens (tertiary/aromatic N) is 4. The maximum absolute atomic E-state index is 13.4. The summed E-state index contributed by atoms with van der Waals surface area (Å²) in [6, 6.07) is 18.3. The van der Waals surface area contributed by atoms with Gasteiger partial charge in [-0.05, 0) is 43.4 Å². The van der Waals surface area contributed by atoms with Crippen LogP contribution >= 0.6 is 0 Å². The number of benzene rings is 1. The third-order valence-electron chi connectivity index (χ3n) is 7.28. The van der Waals surface area contributed by atoms with Gasteiger partial charge in [0.1, 0.15) is 23.8 Å². The first kappa shape index (κ1) is 26.1. The molecule has 2 fully saturated rings. The number of hydrogen-bond donors (Lipinski definition) is 2. The number of morpholine rings is 1. The predicted molar refractivity (Wildman–Crippen MR) is 144 cm³/mol. The van der Waals surface area contributed by atoms with Crippen molar-refractivity contribution < 1.29 is 19.4 Å². The summed E-state index contributed by atoms with van der Waals surface area (Å²) in [4.78, 5) is 26.5. The van der Waals surface area contributed by atoms with Gasteiger partial charge in [-0.1, -0.05) is 24.3 Å². The van der Waals surface area contributed by atoms with E-state index in [1.807, 2.05) is 61.6 Å². The summed E-state index contributed by atoms with van der Waals surface area (Å²) in [7, 11) is 1.98. The van der Waals surface area contributed by atoms with E-state index in [0.29, 0.717) is 37.5 Å². The molecule has 1 saturated heterocycles. The highest BCUT2D eigenvalue weighted by Crippen LogP contribution is 2.29. The van der Waals surface area contributed by atoms with E-state index in [1.54, 1.807) is 18.5 Å². The van der Waals surface area contributed by atoms with Gasteiger partial charge < -0.3 is 24.8 Å². The number of amides is 1. The summed E-state index contributed by atoms with van der Waals surface area (Å²) in [5, 5.41) is 14.6. The summed E-state index contributed by atoms with van der Waals surface area (Å²) in [6.07, 6.45) is 3.44. The number of pyridine rings is 2. The lowest BCUT2D eigenvalue weighted by Gasteiger charge is -2.32. The minimum atomic E-state index is -0.782. The van der Waals surface area contributed by atoms with Crippen LogP contribution in [-0.2, 0) is 11.2 Å². The molecule has 1 saturated carbocycles. The van der Waals surface area contributed by atoms with Crippen molar-refractivity contribution in [1.29, 1.82) is 0 Å². The number of aliphatic hydroxyl groups is 1. The Kier molecular flexibility index (Phi) is 8.47. The monoisotopic (exact) mass is 517 g/mol. The van der Waals surface area contributed by atoms with Gasteiger partial charge in [0.25, 0.3) is 5.91 Å². The fourth-order valence-electron chi connectivity index (χ4n) is 5.25. The topological polar surface area (TPSA) is 100 Å². The van der Waals surface area contributed by atoms with Crippen LogP contribution in [0.5, 0.6) is 5.75 Å². The quantitative estimate of drug-likeness (QED) is 0.446. The molecule has 2 aromatic heterocycles. The smallest absolute Gasteiger partial charge is 0.251 e. The molecule has 1 aliphatic heterocycles. The Morgan fingerprint density at radius 1 is 1.11 bits per heavy atom. The second-order valence-corrected chi connectivity index (χ2v) is 9.82. The number of carbonyl (C=O) groups is 1. The molecular formula is C29H35N5O4. The highest BCUT2D eigenvalue weighted by Gasteiger charge is 2.46. The Morgan fingerprint density at radius 2 is 1.89 bits per heavy atom. The van der Waals surface area contributed by atoms with Gasteiger partial charge in [-0.15, -0.1) is 0 Å². The molecule has 5 rings (SSSR count). The van der Waals surface area contributed by atoms with E-state index in [9.17, 15) is 9.90 Å². The highest BCUT2D eigenvalue weighted by atomic mass is 16.5. The van der Waals surface area contributed by atoms with Crippen LogP contribution in [0.25, 0.3) is 0 Å². The number of likely N-dealkylation sites (N-methyl/N-ethyl adjacent to an activating group) is 1. The van der Waals surface area contributed by atoms with Gasteiger partial charge in [0, 0.05) is 56.1 Å². The Morgan fingerprint density at radius 3 is 2.66 bits per heavy atom. The van der Waals surface area contributed by atoms with Crippen LogP contribution in [0.4, 0.5) is 5.82 Å². The van der Waals surface area contributed by atoms with E-state index >= 15 is 0 Å². The maximum Gasteiger partial charge on any atom is 0.251 e. The third kappa shape index (κ3) is 6.30. The summed E-state index contributed by atoms with van der Waals surface area (Å²) in [5.41, 5.74) is 1.52. The van der Waals surface area contributed by atoms with Crippen LogP contribution in [0.15, 0.2) is 73.1 Å². The normalized spacial score (nSPS) is 23.4. The lowest BCUT2D eigenvalue weighted by atomic mass is 10.1. The van der Waals surface area contributed by atoms with Crippen molar-refractivity contribution >= 4 is 11.7 Å². The van der Waals surface area contributed by atoms with Gasteiger partial charge >= 0.3 is 0 Å². The van der Waals surface area contributed by atoms with E-state index in [1.165, 1.54) is 0 Å². The lowest BCUT2D eigenvalue weighted by Crippen LogP contribution is -2.52. The van der Waals surface area contributed by atoms with E-state index in [-0.39, 0.29) is 18.0 Å². The van der Waals surface area contributed by atoms with Gasteiger partial charge in [0.15, 0.2) is 0 Å². The molecule has 0 spiro atoms. The molecule has 2 aliphatic rings. The Hall–Kier alpha value is -3.53. The van der Waals surface area contributed by atoms with E-state index < -0.39 is 12.2 Å². The molecule has 0 bridgehead atoms. The van der Waals surface area contributed by atoms with Crippen molar-refractivity contribution in [1.82, 2.24) is 20.2 Å². The summed E-state index contributed by atoms with van der Waals surface area (Å²) < 4.78 is 11.6. The molecule has 2 N–H and O–H groups in total. The first-order valence-electron chi connectivity index (χ1n) is 13.2. The zero-order chi connectivity index (χ0) is 26.3. The number of ether oxygens (including phenoxy) is 2. The van der Waals surface area contributed by atoms with Crippen molar-refractivity contribution in [2.24, 2.45) is 0 Å². The molecule has 0 radical (unpaired) electrons. The van der Waals surface area contributed by atoms with Crippen molar-refractivity contribution in [3.05, 3.63) is 84.3 Å². The molecule has 1 aromatic carbocycles. The number of aliphatic hydroxyl groups excluding tert-OH is 1. The zero-order valence-corrected chi connectivity index (χ0v) is 21.6. The van der Waals surface area contributed by atoms with Gasteiger partial charge in [-0.25, -0.2) is 4.98 Å². The first-order chi connectivity index (χ1) is 18.6. The predicted octanol–water partition coefficient (Wildman–Crippen LogP) is 2.17. The molecule has 200 valence electrons. The molecule has 0 unspecified atom stereocenters. The summed E-state index contributed by atoms with van der Waals surface area (Å²) in [5.74, 6) is 1.27. The van der Waals surface area contributed by atoms with Gasteiger partial charge in [0.2, 0.25) is 0 Å². The summed E-state index contributed by atoms with van der Waals surface area (Å²) in [6.45, 7) is 3.46. The number of anilines is 1. The van der Waals surface area contributed by atoms with Crippen LogP contribution in [-0.4, -0.2) is 90.1 Å². The minimum absolute atomic E-state index is 0.192. The van der Waals surface area contributed by atoms with Crippen LogP contribution in [0.1, 0.15) is 22.5 Å². The zero-order valence-electron chi connectivity index (χ0n) is 21.6. The molecule has 9 heteroatoms. The first-order valence-corrected chi connectivity index (χ1v) is 13.2. The molecule has 9 nitrogen and oxygen atoms in total. The third-order valence-corrected chi connectivity index (χ3v) is 7.28. The number of carbonyl (C=O) groups excluding carboxylic acids is 1. The Labute approximate surface area is 223 Å². The standard InChI is InChI=1S/C29H35N5O4/c1-33(14-11-22-7-5-6-12-30-22)27-24(20-25(28(27)35)38-23-8-3-2-4-9-23)32-29(36)21-10-13-31-26(19-21)34-15-17-37-18-16-34/h2-10,12-13,19,24-25,27-28,35H,11,14-18,20H2,1H3,(H,32,36)/t24-,25-,27+,28+/m1/s1. The average Bonchev–Trinajstić information content (AvgIpc) is 3.27. The number of para-hydroxylation sites is 1. The Balaban J connectivity index is 1.31. The second kappa shape index (κ2) is 12.3. The van der Waals surface area contributed by atoms with Crippen LogP contribution < -0.4 is 15.0 Å². The molecule has 1 amide bonds. The van der Waals surface area contributed by atoms with Crippen LogP contribution in [0.3, 0.4) is 0 Å². The van der Waals surface area contributed by atoms with E-state index in [4.69, 9.17) is 9.47 Å². The maximum atomic E-state index is 13.4. The van der Waals surface area contributed by atoms with E-state index in [0.717, 1.165) is 31.0 Å². The molecule has 3 aromatic rings. The van der Waals surface area contributed by atoms with Crippen molar-refractivity contribution in [2.75, 3.05) is 44.8 Å². The number of aromatic nitrogens is 2. The largest absolute Gasteiger partial charge is 0.488 e. The number of hydrogen-bond acceptors (Lipinski definition) is 8. The highest BCUT2D eigenvalue weighted by molar-refractivity contribution is 5.95. The van der Waals surface area contributed by atoms with Gasteiger partial charge in [-0.3, -0.25) is 14.7 Å². The number of rotatable bonds is 9. The molecule has 1 aliphatic carbocycles. The Bertz CT molecular complexity index is 1180. The van der Waals surface area contributed by atoms with Crippen molar-refractivity contribution in [2.45, 2.75) is 37.1 Å². The van der Waals surface area contributed by atoms with Crippen molar-refractivity contribution in [3.63, 3.8) is 0 Å². The molecule has 3 heterocycles. The molecule has 38 heavy (non-hydrogen) atoms. The molecular weight excluding hydrogens is 482 g/mol. The van der Waals surface area contributed by atoms with Crippen LogP contribution in [0.2, 0.25) is 0 Å². The lowest BCUT2D eigenvalue weighted by molar-refractivity contribution is 0.0148. The minimum Gasteiger partial charge on any atom is -0.488 e.